The summed E-state index contributed by atoms with van der Waals surface area (Å²) >= 11 is 0. The Labute approximate surface area is 154 Å². The van der Waals surface area contributed by atoms with Crippen molar-refractivity contribution < 1.29 is 18.3 Å². The van der Waals surface area contributed by atoms with E-state index in [1.807, 2.05) is 30.3 Å². The van der Waals surface area contributed by atoms with Crippen LogP contribution < -0.4 is 14.8 Å². The van der Waals surface area contributed by atoms with E-state index in [0.29, 0.717) is 5.95 Å². The van der Waals surface area contributed by atoms with Gasteiger partial charge in [0.2, 0.25) is 5.95 Å². The van der Waals surface area contributed by atoms with Crippen LogP contribution in [0, 0.1) is 0 Å². The first kappa shape index (κ1) is 17.0. The third-order valence-electron chi connectivity index (χ3n) is 4.24. The molecule has 0 radical (unpaired) electrons. The van der Waals surface area contributed by atoms with Crippen LogP contribution in [0.3, 0.4) is 0 Å². The molecule has 27 heavy (non-hydrogen) atoms. The van der Waals surface area contributed by atoms with Crippen LogP contribution in [0.2, 0.25) is 0 Å². The average Bonchev–Trinajstić information content (AvgIpc) is 3.16. The van der Waals surface area contributed by atoms with Crippen LogP contribution in [-0.2, 0) is 0 Å². The van der Waals surface area contributed by atoms with Gasteiger partial charge in [0.1, 0.15) is 23.9 Å². The highest BCUT2D eigenvalue weighted by Gasteiger charge is 2.23. The minimum absolute atomic E-state index is 0.110. The maximum atomic E-state index is 12.4. The predicted octanol–water partition coefficient (Wildman–Crippen LogP) is 3.94. The number of methoxy groups -OCH3 is 1. The first-order valence-corrected chi connectivity index (χ1v) is 8.21. The molecular weight excluding hydrogens is 354 g/mol. The van der Waals surface area contributed by atoms with Crippen molar-refractivity contribution in [1.82, 2.24) is 14.8 Å². The second-order valence-electron chi connectivity index (χ2n) is 5.86. The molecule has 3 aromatic rings. The lowest BCUT2D eigenvalue weighted by Crippen LogP contribution is -2.20. The largest absolute Gasteiger partial charge is 0.497 e. The molecule has 0 fully saturated rings. The Morgan fingerprint density at radius 1 is 1.11 bits per heavy atom. The number of allylic oxidation sites excluding steroid dienone is 1. The summed E-state index contributed by atoms with van der Waals surface area (Å²) in [6.07, 6.45) is 3.46. The van der Waals surface area contributed by atoms with E-state index in [0.717, 1.165) is 22.6 Å². The first-order chi connectivity index (χ1) is 13.1. The molecule has 0 spiro atoms. The number of nitrogens with zero attached hydrogens (tertiary/aromatic N) is 3. The lowest BCUT2D eigenvalue weighted by Gasteiger charge is -2.24. The summed E-state index contributed by atoms with van der Waals surface area (Å²) in [5.41, 5.74) is 2.66. The molecule has 2 aromatic carbocycles. The lowest BCUT2D eigenvalue weighted by molar-refractivity contribution is -0.0498. The van der Waals surface area contributed by atoms with Gasteiger partial charge in [0, 0.05) is 11.3 Å². The zero-order valence-electron chi connectivity index (χ0n) is 14.3. The molecule has 1 aliphatic heterocycles. The van der Waals surface area contributed by atoms with Crippen molar-refractivity contribution in [3.05, 3.63) is 72.1 Å². The van der Waals surface area contributed by atoms with Gasteiger partial charge in [0.05, 0.1) is 7.11 Å². The summed E-state index contributed by atoms with van der Waals surface area (Å²) in [6, 6.07) is 13.9. The van der Waals surface area contributed by atoms with Crippen LogP contribution in [0.15, 0.2) is 60.9 Å². The van der Waals surface area contributed by atoms with Gasteiger partial charge in [-0.3, -0.25) is 0 Å². The van der Waals surface area contributed by atoms with E-state index < -0.39 is 6.61 Å². The normalized spacial score (nSPS) is 15.7. The van der Waals surface area contributed by atoms with Crippen molar-refractivity contribution >= 4 is 11.6 Å². The molecule has 1 atom stereocenters. The van der Waals surface area contributed by atoms with E-state index >= 15 is 0 Å². The number of ether oxygens (including phenoxy) is 2. The predicted molar refractivity (Wildman–Crippen MR) is 95.8 cm³/mol. The summed E-state index contributed by atoms with van der Waals surface area (Å²) in [5.74, 6) is 1.44. The maximum Gasteiger partial charge on any atom is 0.387 e. The number of halogens is 2. The summed E-state index contributed by atoms with van der Waals surface area (Å²) < 4.78 is 36.2. The third kappa shape index (κ3) is 3.46. The van der Waals surface area contributed by atoms with Crippen molar-refractivity contribution in [2.45, 2.75) is 12.7 Å². The Bertz CT molecular complexity index is 970. The quantitative estimate of drug-likeness (QED) is 0.737. The molecule has 8 heteroatoms. The van der Waals surface area contributed by atoms with Crippen molar-refractivity contribution in [1.29, 1.82) is 0 Å². The smallest absolute Gasteiger partial charge is 0.387 e. The molecule has 0 aliphatic carbocycles. The van der Waals surface area contributed by atoms with Gasteiger partial charge in [0.25, 0.3) is 0 Å². The summed E-state index contributed by atoms with van der Waals surface area (Å²) in [4.78, 5) is 4.25. The SMILES string of the molecule is COc1cccc(C2=C[C@@H](c3ccc(OC(F)F)cc3)n3ncnc3N2)c1. The topological polar surface area (TPSA) is 61.2 Å². The highest BCUT2D eigenvalue weighted by atomic mass is 19.3. The van der Waals surface area contributed by atoms with Gasteiger partial charge in [-0.05, 0) is 35.9 Å². The Balaban J connectivity index is 1.71. The summed E-state index contributed by atoms with van der Waals surface area (Å²) in [5, 5.41) is 7.52. The highest BCUT2D eigenvalue weighted by molar-refractivity contribution is 5.77. The van der Waals surface area contributed by atoms with Crippen molar-refractivity contribution in [3.63, 3.8) is 0 Å². The molecule has 0 saturated carbocycles. The van der Waals surface area contributed by atoms with Gasteiger partial charge in [0.15, 0.2) is 0 Å². The van der Waals surface area contributed by atoms with Crippen LogP contribution in [0.25, 0.3) is 5.70 Å². The third-order valence-corrected chi connectivity index (χ3v) is 4.24. The molecule has 4 rings (SSSR count). The molecule has 1 aromatic heterocycles. The second kappa shape index (κ2) is 7.06. The van der Waals surface area contributed by atoms with E-state index in [1.54, 1.807) is 23.9 Å². The zero-order chi connectivity index (χ0) is 18.8. The van der Waals surface area contributed by atoms with Gasteiger partial charge in [-0.15, -0.1) is 0 Å². The van der Waals surface area contributed by atoms with Gasteiger partial charge in [-0.2, -0.15) is 18.9 Å². The molecular formula is C19H16F2N4O2. The van der Waals surface area contributed by atoms with Gasteiger partial charge in [-0.25, -0.2) is 4.68 Å². The monoisotopic (exact) mass is 370 g/mol. The fourth-order valence-electron chi connectivity index (χ4n) is 2.98. The average molecular weight is 370 g/mol. The molecule has 0 amide bonds. The Morgan fingerprint density at radius 2 is 1.93 bits per heavy atom. The fourth-order valence-corrected chi connectivity index (χ4v) is 2.98. The van der Waals surface area contributed by atoms with Crippen molar-refractivity contribution in [2.75, 3.05) is 12.4 Å². The highest BCUT2D eigenvalue weighted by Crippen LogP contribution is 2.33. The van der Waals surface area contributed by atoms with Gasteiger partial charge in [-0.1, -0.05) is 24.3 Å². The molecule has 138 valence electrons. The lowest BCUT2D eigenvalue weighted by atomic mass is 10.0. The molecule has 1 aliphatic rings. The van der Waals surface area contributed by atoms with E-state index in [2.05, 4.69) is 20.1 Å². The van der Waals surface area contributed by atoms with Crippen molar-refractivity contribution in [3.8, 4) is 11.5 Å². The number of benzene rings is 2. The molecule has 1 N–H and O–H groups in total. The van der Waals surface area contributed by atoms with Gasteiger partial charge < -0.3 is 14.8 Å². The van der Waals surface area contributed by atoms with Gasteiger partial charge >= 0.3 is 6.61 Å². The number of hydrogen-bond acceptors (Lipinski definition) is 5. The Morgan fingerprint density at radius 3 is 2.67 bits per heavy atom. The molecule has 0 bridgehead atoms. The fraction of sp³-hybridized carbons (Fsp3) is 0.158. The number of aromatic nitrogens is 3. The minimum Gasteiger partial charge on any atom is -0.497 e. The van der Waals surface area contributed by atoms with Crippen LogP contribution in [0.5, 0.6) is 11.5 Å². The first-order valence-electron chi connectivity index (χ1n) is 8.21. The van der Waals surface area contributed by atoms with Crippen LogP contribution in [-0.4, -0.2) is 28.5 Å². The van der Waals surface area contributed by atoms with E-state index in [9.17, 15) is 8.78 Å². The maximum absolute atomic E-state index is 12.4. The van der Waals surface area contributed by atoms with Crippen molar-refractivity contribution in [2.24, 2.45) is 0 Å². The van der Waals surface area contributed by atoms with E-state index in [1.165, 1.54) is 18.5 Å². The molecule has 0 saturated heterocycles. The second-order valence-corrected chi connectivity index (χ2v) is 5.86. The number of anilines is 1. The number of hydrogen-bond donors (Lipinski definition) is 1. The van der Waals surface area contributed by atoms with E-state index in [4.69, 9.17) is 4.74 Å². The van der Waals surface area contributed by atoms with Crippen LogP contribution >= 0.6 is 0 Å². The zero-order valence-corrected chi connectivity index (χ0v) is 14.3. The molecule has 2 heterocycles. The Kier molecular flexibility index (Phi) is 4.45. The number of fused-ring (bicyclic) bond motifs is 1. The minimum atomic E-state index is -2.85. The summed E-state index contributed by atoms with van der Waals surface area (Å²) in [6.45, 7) is -2.85. The number of rotatable bonds is 5. The Hall–Kier alpha value is -3.42. The van der Waals surface area contributed by atoms with Crippen LogP contribution in [0.1, 0.15) is 17.2 Å². The number of alkyl halides is 2. The summed E-state index contributed by atoms with van der Waals surface area (Å²) in [7, 11) is 1.62. The van der Waals surface area contributed by atoms with Crippen LogP contribution in [0.4, 0.5) is 14.7 Å². The molecule has 6 nitrogen and oxygen atoms in total. The molecule has 0 unspecified atom stereocenters. The van der Waals surface area contributed by atoms with E-state index in [-0.39, 0.29) is 11.8 Å². The standard InChI is InChI=1S/C19H16F2N4O2/c1-26-15-4-2-3-13(9-15)16-10-17(25-19(24-16)22-11-23-25)12-5-7-14(8-6-12)27-18(20)21/h2-11,17-18H,1H3,(H,22,23,24)/t17-/m0/s1. The number of nitrogens with one attached hydrogen (secondary N) is 1.